The van der Waals surface area contributed by atoms with Crippen LogP contribution in [0.5, 0.6) is 0 Å². The van der Waals surface area contributed by atoms with Crippen LogP contribution in [0, 0.1) is 16.7 Å². The molecule has 1 N–H and O–H groups in total. The molecule has 0 radical (unpaired) electrons. The third kappa shape index (κ3) is 4.08. The van der Waals surface area contributed by atoms with Gasteiger partial charge in [0, 0.05) is 13.2 Å². The number of nitriles is 1. The SMILES string of the molecule is CC(C)(C#N)C(=O)NCCCO[C@@H]1CCCc2ccccc21. The summed E-state index contributed by atoms with van der Waals surface area (Å²) in [5.41, 5.74) is 1.73. The lowest BCUT2D eigenvalue weighted by Gasteiger charge is -2.25. The Labute approximate surface area is 132 Å². The van der Waals surface area contributed by atoms with Gasteiger partial charge in [0.25, 0.3) is 0 Å². The Morgan fingerprint density at radius 3 is 3.00 bits per heavy atom. The summed E-state index contributed by atoms with van der Waals surface area (Å²) >= 11 is 0. The normalized spacial score (nSPS) is 17.4. The Morgan fingerprint density at radius 2 is 2.23 bits per heavy atom. The number of fused-ring (bicyclic) bond motifs is 1. The van der Waals surface area contributed by atoms with Crippen LogP contribution in [0.15, 0.2) is 24.3 Å². The van der Waals surface area contributed by atoms with Gasteiger partial charge >= 0.3 is 0 Å². The topological polar surface area (TPSA) is 62.1 Å². The van der Waals surface area contributed by atoms with Crippen molar-refractivity contribution in [2.24, 2.45) is 5.41 Å². The van der Waals surface area contributed by atoms with Crippen LogP contribution in [-0.2, 0) is 16.0 Å². The lowest BCUT2D eigenvalue weighted by atomic mass is 9.89. The molecule has 4 heteroatoms. The maximum absolute atomic E-state index is 11.7. The van der Waals surface area contributed by atoms with Crippen LogP contribution in [0.1, 0.15) is 50.3 Å². The van der Waals surface area contributed by atoms with Gasteiger partial charge in [-0.1, -0.05) is 24.3 Å². The second-order valence-corrected chi connectivity index (χ2v) is 6.30. The van der Waals surface area contributed by atoms with E-state index in [1.54, 1.807) is 13.8 Å². The van der Waals surface area contributed by atoms with E-state index >= 15 is 0 Å². The number of nitrogens with one attached hydrogen (secondary N) is 1. The van der Waals surface area contributed by atoms with Gasteiger partial charge < -0.3 is 10.1 Å². The quantitative estimate of drug-likeness (QED) is 0.821. The van der Waals surface area contributed by atoms with E-state index in [9.17, 15) is 4.79 Å². The highest BCUT2D eigenvalue weighted by Crippen LogP contribution is 2.32. The minimum Gasteiger partial charge on any atom is -0.373 e. The van der Waals surface area contributed by atoms with Crippen LogP contribution in [0.3, 0.4) is 0 Å². The molecule has 0 saturated heterocycles. The molecule has 0 heterocycles. The molecule has 0 aliphatic heterocycles. The molecular formula is C18H24N2O2. The first kappa shape index (κ1) is 16.5. The first-order valence-electron chi connectivity index (χ1n) is 7.93. The molecule has 2 rings (SSSR count). The molecule has 22 heavy (non-hydrogen) atoms. The van der Waals surface area contributed by atoms with Gasteiger partial charge in [-0.05, 0) is 50.7 Å². The van der Waals surface area contributed by atoms with Crippen LogP contribution in [0.2, 0.25) is 0 Å². The number of rotatable bonds is 6. The highest BCUT2D eigenvalue weighted by molar-refractivity contribution is 5.84. The summed E-state index contributed by atoms with van der Waals surface area (Å²) in [6, 6.07) is 10.5. The molecule has 118 valence electrons. The first-order valence-corrected chi connectivity index (χ1v) is 7.93. The van der Waals surface area contributed by atoms with E-state index in [0.29, 0.717) is 13.2 Å². The zero-order valence-corrected chi connectivity index (χ0v) is 13.4. The second kappa shape index (κ2) is 7.42. The molecule has 1 amide bonds. The Balaban J connectivity index is 1.72. The number of amides is 1. The largest absolute Gasteiger partial charge is 0.373 e. The minimum absolute atomic E-state index is 0.177. The molecule has 1 aliphatic rings. The number of aryl methyl sites for hydroxylation is 1. The van der Waals surface area contributed by atoms with E-state index in [1.165, 1.54) is 11.1 Å². The summed E-state index contributed by atoms with van der Waals surface area (Å²) < 4.78 is 5.99. The van der Waals surface area contributed by atoms with Gasteiger partial charge in [0.15, 0.2) is 0 Å². The van der Waals surface area contributed by atoms with E-state index in [-0.39, 0.29) is 12.0 Å². The predicted molar refractivity (Wildman–Crippen MR) is 85.1 cm³/mol. The molecule has 1 aromatic carbocycles. The van der Waals surface area contributed by atoms with Crippen molar-refractivity contribution < 1.29 is 9.53 Å². The third-order valence-corrected chi connectivity index (χ3v) is 4.09. The summed E-state index contributed by atoms with van der Waals surface area (Å²) in [4.78, 5) is 11.7. The van der Waals surface area contributed by atoms with Gasteiger partial charge in [-0.3, -0.25) is 4.79 Å². The van der Waals surface area contributed by atoms with Crippen LogP contribution in [0.4, 0.5) is 0 Å². The van der Waals surface area contributed by atoms with Gasteiger partial charge in [0.05, 0.1) is 12.2 Å². The number of carbonyl (C=O) groups is 1. The molecule has 4 nitrogen and oxygen atoms in total. The molecule has 0 spiro atoms. The summed E-state index contributed by atoms with van der Waals surface area (Å²) in [6.07, 6.45) is 4.29. The van der Waals surface area contributed by atoms with E-state index in [0.717, 1.165) is 25.7 Å². The molecular weight excluding hydrogens is 276 g/mol. The number of benzene rings is 1. The van der Waals surface area contributed by atoms with Crippen LogP contribution in [0.25, 0.3) is 0 Å². The van der Waals surface area contributed by atoms with Crippen molar-refractivity contribution in [1.29, 1.82) is 5.26 Å². The number of hydrogen-bond donors (Lipinski definition) is 1. The van der Waals surface area contributed by atoms with E-state index in [2.05, 4.69) is 29.6 Å². The molecule has 1 aromatic rings. The fourth-order valence-electron chi connectivity index (χ4n) is 2.65. The zero-order valence-electron chi connectivity index (χ0n) is 13.4. The molecule has 0 aromatic heterocycles. The van der Waals surface area contributed by atoms with Crippen molar-refractivity contribution in [3.63, 3.8) is 0 Å². The van der Waals surface area contributed by atoms with Gasteiger partial charge in [0.2, 0.25) is 5.91 Å². The molecule has 0 saturated carbocycles. The van der Waals surface area contributed by atoms with E-state index in [1.807, 2.05) is 6.07 Å². The second-order valence-electron chi connectivity index (χ2n) is 6.30. The first-order chi connectivity index (χ1) is 10.5. The zero-order chi connectivity index (χ0) is 16.0. The van der Waals surface area contributed by atoms with Crippen LogP contribution >= 0.6 is 0 Å². The highest BCUT2D eigenvalue weighted by Gasteiger charge is 2.26. The maximum atomic E-state index is 11.7. The minimum atomic E-state index is -0.969. The molecule has 1 atom stereocenters. The van der Waals surface area contributed by atoms with Crippen LogP contribution < -0.4 is 5.32 Å². The van der Waals surface area contributed by atoms with Gasteiger partial charge in [-0.2, -0.15) is 5.26 Å². The maximum Gasteiger partial charge on any atom is 0.239 e. The Bertz CT molecular complexity index is 560. The molecule has 0 unspecified atom stereocenters. The number of hydrogen-bond acceptors (Lipinski definition) is 3. The molecule has 0 fully saturated rings. The Morgan fingerprint density at radius 1 is 1.45 bits per heavy atom. The summed E-state index contributed by atoms with van der Waals surface area (Å²) in [5.74, 6) is -0.224. The van der Waals surface area contributed by atoms with Crippen LogP contribution in [-0.4, -0.2) is 19.1 Å². The van der Waals surface area contributed by atoms with Crippen molar-refractivity contribution >= 4 is 5.91 Å². The summed E-state index contributed by atoms with van der Waals surface area (Å²) in [7, 11) is 0. The Kier molecular flexibility index (Phi) is 5.57. The van der Waals surface area contributed by atoms with E-state index in [4.69, 9.17) is 10.00 Å². The third-order valence-electron chi connectivity index (χ3n) is 4.09. The smallest absolute Gasteiger partial charge is 0.239 e. The van der Waals surface area contributed by atoms with E-state index < -0.39 is 5.41 Å². The van der Waals surface area contributed by atoms with Crippen molar-refractivity contribution in [3.8, 4) is 6.07 Å². The highest BCUT2D eigenvalue weighted by atomic mass is 16.5. The summed E-state index contributed by atoms with van der Waals surface area (Å²) in [6.45, 7) is 4.40. The molecule has 1 aliphatic carbocycles. The molecule has 0 bridgehead atoms. The fraction of sp³-hybridized carbons (Fsp3) is 0.556. The lowest BCUT2D eigenvalue weighted by molar-refractivity contribution is -0.126. The number of nitrogens with zero attached hydrogens (tertiary/aromatic N) is 1. The van der Waals surface area contributed by atoms with Gasteiger partial charge in [0.1, 0.15) is 5.41 Å². The number of ether oxygens (including phenoxy) is 1. The average molecular weight is 300 g/mol. The number of carbonyl (C=O) groups excluding carboxylic acids is 1. The average Bonchev–Trinajstić information content (AvgIpc) is 2.54. The van der Waals surface area contributed by atoms with Crippen molar-refractivity contribution in [3.05, 3.63) is 35.4 Å². The fourth-order valence-corrected chi connectivity index (χ4v) is 2.65. The predicted octanol–water partition coefficient (Wildman–Crippen LogP) is 3.14. The standard InChI is InChI=1S/C18H24N2O2/c1-18(2,13-19)17(21)20-11-6-12-22-16-10-5-8-14-7-3-4-9-15(14)16/h3-4,7,9,16H,5-6,8,10-12H2,1-2H3,(H,20,21)/t16-/m1/s1. The monoisotopic (exact) mass is 300 g/mol. The van der Waals surface area contributed by atoms with Crippen molar-refractivity contribution in [1.82, 2.24) is 5.32 Å². The van der Waals surface area contributed by atoms with Gasteiger partial charge in [-0.15, -0.1) is 0 Å². The van der Waals surface area contributed by atoms with Crippen molar-refractivity contribution in [2.45, 2.75) is 45.6 Å². The summed E-state index contributed by atoms with van der Waals surface area (Å²) in [5, 5.41) is 11.7. The van der Waals surface area contributed by atoms with Crippen molar-refractivity contribution in [2.75, 3.05) is 13.2 Å². The van der Waals surface area contributed by atoms with Gasteiger partial charge in [-0.25, -0.2) is 0 Å². The Hall–Kier alpha value is -1.86. The lowest BCUT2D eigenvalue weighted by Crippen LogP contribution is -2.36.